The van der Waals surface area contributed by atoms with Crippen LogP contribution in [0.1, 0.15) is 15.9 Å². The Morgan fingerprint density at radius 3 is 2.59 bits per heavy atom. The van der Waals surface area contributed by atoms with Gasteiger partial charge in [0.25, 0.3) is 5.91 Å². The Morgan fingerprint density at radius 1 is 1.04 bits per heavy atom. The molecule has 0 saturated heterocycles. The van der Waals surface area contributed by atoms with E-state index in [1.807, 2.05) is 0 Å². The normalized spacial score (nSPS) is 10.7. The van der Waals surface area contributed by atoms with Gasteiger partial charge in [-0.2, -0.15) is 0 Å². The quantitative estimate of drug-likeness (QED) is 0.560. The summed E-state index contributed by atoms with van der Waals surface area (Å²) in [4.78, 5) is 16.8. The Hall–Kier alpha value is -3.67. The summed E-state index contributed by atoms with van der Waals surface area (Å²) in [6.07, 6.45) is 4.57. The molecule has 0 atom stereocenters. The van der Waals surface area contributed by atoms with Gasteiger partial charge in [0.1, 0.15) is 5.82 Å². The molecule has 0 saturated carbocycles. The topological polar surface area (TPSA) is 68.3 Å². The highest BCUT2D eigenvalue weighted by molar-refractivity contribution is 6.00. The van der Waals surface area contributed by atoms with Crippen LogP contribution in [0.3, 0.4) is 0 Å². The predicted octanol–water partition coefficient (Wildman–Crippen LogP) is 4.67. The molecule has 0 radical (unpaired) electrons. The van der Waals surface area contributed by atoms with Crippen molar-refractivity contribution < 1.29 is 18.0 Å². The maximum Gasteiger partial charge on any atom is 0.252 e. The van der Waals surface area contributed by atoms with E-state index in [-0.39, 0.29) is 11.8 Å². The van der Waals surface area contributed by atoms with E-state index < -0.39 is 5.82 Å². The number of furan rings is 1. The summed E-state index contributed by atoms with van der Waals surface area (Å²) in [5.74, 6) is -0.109. The van der Waals surface area contributed by atoms with Gasteiger partial charge in [-0.15, -0.1) is 0 Å². The van der Waals surface area contributed by atoms with Gasteiger partial charge < -0.3 is 14.2 Å². The highest BCUT2D eigenvalue weighted by atomic mass is 19.1. The van der Waals surface area contributed by atoms with Crippen molar-refractivity contribution in [2.24, 2.45) is 0 Å². The minimum Gasteiger partial charge on any atom is -0.472 e. The maximum atomic E-state index is 14.0. The largest absolute Gasteiger partial charge is 0.472 e. The van der Waals surface area contributed by atoms with Crippen LogP contribution in [0.4, 0.5) is 4.39 Å². The van der Waals surface area contributed by atoms with Crippen LogP contribution in [0.15, 0.2) is 82.2 Å². The number of rotatable bonds is 5. The Balaban J connectivity index is 1.61. The van der Waals surface area contributed by atoms with Crippen LogP contribution in [0.2, 0.25) is 0 Å². The van der Waals surface area contributed by atoms with Crippen LogP contribution in [-0.4, -0.2) is 10.9 Å². The second-order valence-corrected chi connectivity index (χ2v) is 5.87. The summed E-state index contributed by atoms with van der Waals surface area (Å²) < 4.78 is 24.7. The smallest absolute Gasteiger partial charge is 0.252 e. The van der Waals surface area contributed by atoms with E-state index in [4.69, 9.17) is 8.83 Å². The van der Waals surface area contributed by atoms with Crippen LogP contribution < -0.4 is 5.32 Å². The van der Waals surface area contributed by atoms with Crippen molar-refractivity contribution in [3.63, 3.8) is 0 Å². The lowest BCUT2D eigenvalue weighted by atomic mass is 10.1. The summed E-state index contributed by atoms with van der Waals surface area (Å²) in [7, 11) is 0. The molecule has 4 rings (SSSR count). The molecule has 5 nitrogen and oxygen atoms in total. The monoisotopic (exact) mass is 362 g/mol. The van der Waals surface area contributed by atoms with Gasteiger partial charge in [0.05, 0.1) is 29.9 Å². The third kappa shape index (κ3) is 3.50. The van der Waals surface area contributed by atoms with Gasteiger partial charge in [0.2, 0.25) is 5.89 Å². The molecule has 0 unspecified atom stereocenters. The number of nitrogens with zero attached hydrogens (tertiary/aromatic N) is 1. The molecule has 0 aliphatic heterocycles. The lowest BCUT2D eigenvalue weighted by Gasteiger charge is -2.07. The predicted molar refractivity (Wildman–Crippen MR) is 97.2 cm³/mol. The van der Waals surface area contributed by atoms with E-state index >= 15 is 0 Å². The van der Waals surface area contributed by atoms with Crippen LogP contribution >= 0.6 is 0 Å². The third-order valence-corrected chi connectivity index (χ3v) is 4.08. The van der Waals surface area contributed by atoms with E-state index in [2.05, 4.69) is 10.3 Å². The van der Waals surface area contributed by atoms with E-state index in [1.165, 1.54) is 12.3 Å². The fourth-order valence-corrected chi connectivity index (χ4v) is 2.72. The van der Waals surface area contributed by atoms with Gasteiger partial charge in [0, 0.05) is 17.7 Å². The summed E-state index contributed by atoms with van der Waals surface area (Å²) in [6, 6.07) is 15.1. The van der Waals surface area contributed by atoms with Gasteiger partial charge >= 0.3 is 0 Å². The molecule has 2 aromatic carbocycles. The average molecular weight is 362 g/mol. The summed E-state index contributed by atoms with van der Waals surface area (Å²) in [6.45, 7) is 0.343. The molecule has 1 amide bonds. The first-order valence-corrected chi connectivity index (χ1v) is 8.32. The molecule has 0 bridgehead atoms. The number of hydrogen-bond acceptors (Lipinski definition) is 4. The summed E-state index contributed by atoms with van der Waals surface area (Å²) in [5, 5.41) is 2.83. The lowest BCUT2D eigenvalue weighted by Crippen LogP contribution is -2.23. The Morgan fingerprint density at radius 2 is 1.81 bits per heavy atom. The number of amides is 1. The van der Waals surface area contributed by atoms with Crippen LogP contribution in [0.25, 0.3) is 22.8 Å². The highest BCUT2D eigenvalue weighted by Gasteiger charge is 2.17. The lowest BCUT2D eigenvalue weighted by molar-refractivity contribution is 0.0951. The molecule has 134 valence electrons. The number of halogens is 1. The zero-order valence-electron chi connectivity index (χ0n) is 14.2. The van der Waals surface area contributed by atoms with Crippen molar-refractivity contribution in [3.8, 4) is 22.8 Å². The second kappa shape index (κ2) is 7.29. The van der Waals surface area contributed by atoms with E-state index in [0.717, 1.165) is 5.56 Å². The molecule has 0 aliphatic carbocycles. The van der Waals surface area contributed by atoms with Gasteiger partial charge in [-0.1, -0.05) is 24.3 Å². The number of hydrogen-bond donors (Lipinski definition) is 1. The van der Waals surface area contributed by atoms with E-state index in [1.54, 1.807) is 61.1 Å². The first-order chi connectivity index (χ1) is 13.2. The van der Waals surface area contributed by atoms with E-state index in [0.29, 0.717) is 29.0 Å². The standard InChI is InChI=1S/C21H15FN2O3/c22-18-8-4-3-7-17(18)19-12-24-21(27-19)16-6-2-1-5-15(16)20(25)23-11-14-9-10-26-13-14/h1-10,12-13H,11H2,(H,23,25). The molecule has 4 aromatic rings. The van der Waals surface area contributed by atoms with Crippen LogP contribution in [0.5, 0.6) is 0 Å². The fourth-order valence-electron chi connectivity index (χ4n) is 2.72. The number of oxazole rings is 1. The SMILES string of the molecule is O=C(NCc1ccoc1)c1ccccc1-c1ncc(-c2ccccc2F)o1. The summed E-state index contributed by atoms with van der Waals surface area (Å²) in [5.41, 5.74) is 2.13. The van der Waals surface area contributed by atoms with Crippen molar-refractivity contribution in [1.82, 2.24) is 10.3 Å². The molecular formula is C21H15FN2O3. The molecule has 27 heavy (non-hydrogen) atoms. The van der Waals surface area contributed by atoms with Gasteiger partial charge in [-0.3, -0.25) is 4.79 Å². The number of carbonyl (C=O) groups excluding carboxylic acids is 1. The Bertz CT molecular complexity index is 1070. The minimum absolute atomic E-state index is 0.252. The number of aromatic nitrogens is 1. The number of benzene rings is 2. The van der Waals surface area contributed by atoms with Gasteiger partial charge in [-0.05, 0) is 30.3 Å². The minimum atomic E-state index is -0.397. The van der Waals surface area contributed by atoms with Gasteiger partial charge in [0.15, 0.2) is 5.76 Å². The molecule has 0 spiro atoms. The van der Waals surface area contributed by atoms with Crippen molar-refractivity contribution in [2.45, 2.75) is 6.54 Å². The molecule has 0 fully saturated rings. The molecule has 0 aliphatic rings. The van der Waals surface area contributed by atoms with Crippen LogP contribution in [-0.2, 0) is 6.54 Å². The molecule has 6 heteroatoms. The molecule has 1 N–H and O–H groups in total. The average Bonchev–Trinajstić information content (AvgIpc) is 3.38. The zero-order valence-corrected chi connectivity index (χ0v) is 14.2. The van der Waals surface area contributed by atoms with Gasteiger partial charge in [-0.25, -0.2) is 9.37 Å². The van der Waals surface area contributed by atoms with Crippen molar-refractivity contribution in [3.05, 3.63) is 90.3 Å². The zero-order chi connectivity index (χ0) is 18.6. The van der Waals surface area contributed by atoms with Crippen molar-refractivity contribution in [1.29, 1.82) is 0 Å². The molecular weight excluding hydrogens is 347 g/mol. The molecule has 2 aromatic heterocycles. The number of nitrogens with one attached hydrogen (secondary N) is 1. The van der Waals surface area contributed by atoms with Crippen molar-refractivity contribution >= 4 is 5.91 Å². The first-order valence-electron chi connectivity index (χ1n) is 8.32. The van der Waals surface area contributed by atoms with Crippen molar-refractivity contribution in [2.75, 3.05) is 0 Å². The third-order valence-electron chi connectivity index (χ3n) is 4.08. The van der Waals surface area contributed by atoms with E-state index in [9.17, 15) is 9.18 Å². The highest BCUT2D eigenvalue weighted by Crippen LogP contribution is 2.29. The first kappa shape index (κ1) is 16.8. The summed E-state index contributed by atoms with van der Waals surface area (Å²) >= 11 is 0. The fraction of sp³-hybridized carbons (Fsp3) is 0.0476. The molecule has 2 heterocycles. The number of carbonyl (C=O) groups is 1. The maximum absolute atomic E-state index is 14.0. The Kier molecular flexibility index (Phi) is 4.53. The Labute approximate surface area is 154 Å². The van der Waals surface area contributed by atoms with Crippen LogP contribution in [0, 0.1) is 5.82 Å². The second-order valence-electron chi connectivity index (χ2n) is 5.87.